The van der Waals surface area contributed by atoms with Gasteiger partial charge in [-0.15, -0.1) is 0 Å². The van der Waals surface area contributed by atoms with E-state index in [2.05, 4.69) is 10.6 Å². The van der Waals surface area contributed by atoms with Crippen molar-refractivity contribution in [2.45, 2.75) is 0 Å². The molecule has 6 nitrogen and oxygen atoms in total. The van der Waals surface area contributed by atoms with Gasteiger partial charge in [-0.05, 0) is 18.4 Å². The highest BCUT2D eigenvalue weighted by atomic mass is 32.2. The summed E-state index contributed by atoms with van der Waals surface area (Å²) in [6.07, 6.45) is 1.79. The van der Waals surface area contributed by atoms with Crippen LogP contribution in [0.15, 0.2) is 18.2 Å². The van der Waals surface area contributed by atoms with E-state index in [1.165, 1.54) is 11.8 Å². The SMILES string of the molecule is CSCC(=O)NC(=O)Nc1ccc2c(c1)OCO2. The molecular formula is C11H12N2O4S. The molecule has 1 aromatic carbocycles. The highest BCUT2D eigenvalue weighted by molar-refractivity contribution is 7.99. The van der Waals surface area contributed by atoms with Crippen molar-refractivity contribution in [1.82, 2.24) is 5.32 Å². The third-order valence-electron chi connectivity index (χ3n) is 2.16. The van der Waals surface area contributed by atoms with Crippen LogP contribution in [0.3, 0.4) is 0 Å². The van der Waals surface area contributed by atoms with Crippen molar-refractivity contribution < 1.29 is 19.1 Å². The fourth-order valence-electron chi connectivity index (χ4n) is 1.43. The normalized spacial score (nSPS) is 12.1. The molecule has 0 aromatic heterocycles. The number of carbonyl (C=O) groups excluding carboxylic acids is 2. The van der Waals surface area contributed by atoms with Crippen LogP contribution in [0.5, 0.6) is 11.5 Å². The van der Waals surface area contributed by atoms with Gasteiger partial charge in [-0.1, -0.05) is 0 Å². The summed E-state index contributed by atoms with van der Waals surface area (Å²) in [7, 11) is 0. The number of nitrogens with one attached hydrogen (secondary N) is 2. The van der Waals surface area contributed by atoms with Gasteiger partial charge in [0, 0.05) is 11.8 Å². The minimum atomic E-state index is -0.562. The molecule has 7 heteroatoms. The standard InChI is InChI=1S/C11H12N2O4S/c1-18-5-10(14)13-11(15)12-7-2-3-8-9(4-7)17-6-16-8/h2-4H,5-6H2,1H3,(H2,12,13,14,15). The van der Waals surface area contributed by atoms with Gasteiger partial charge < -0.3 is 14.8 Å². The molecule has 1 aliphatic heterocycles. The van der Waals surface area contributed by atoms with Gasteiger partial charge in [0.05, 0.1) is 5.75 Å². The fourth-order valence-corrected chi connectivity index (χ4v) is 1.76. The second-order valence-electron chi connectivity index (χ2n) is 3.50. The van der Waals surface area contributed by atoms with Crippen molar-refractivity contribution in [3.05, 3.63) is 18.2 Å². The van der Waals surface area contributed by atoms with Crippen molar-refractivity contribution >= 4 is 29.4 Å². The summed E-state index contributed by atoms with van der Waals surface area (Å²) in [5.41, 5.74) is 0.536. The number of amides is 3. The van der Waals surface area contributed by atoms with E-state index in [-0.39, 0.29) is 18.5 Å². The zero-order chi connectivity index (χ0) is 13.0. The number of fused-ring (bicyclic) bond motifs is 1. The minimum Gasteiger partial charge on any atom is -0.454 e. The van der Waals surface area contributed by atoms with E-state index in [4.69, 9.17) is 9.47 Å². The number of thioether (sulfide) groups is 1. The lowest BCUT2D eigenvalue weighted by molar-refractivity contribution is -0.117. The van der Waals surface area contributed by atoms with Gasteiger partial charge in [0.25, 0.3) is 0 Å². The summed E-state index contributed by atoms with van der Waals surface area (Å²) >= 11 is 1.35. The first kappa shape index (κ1) is 12.6. The molecule has 0 saturated carbocycles. The Morgan fingerprint density at radius 2 is 2.11 bits per heavy atom. The Balaban J connectivity index is 1.93. The molecule has 0 radical (unpaired) electrons. The predicted molar refractivity (Wildman–Crippen MR) is 68.1 cm³/mol. The lowest BCUT2D eigenvalue weighted by Gasteiger charge is -2.06. The van der Waals surface area contributed by atoms with Crippen molar-refractivity contribution in [2.75, 3.05) is 24.1 Å². The minimum absolute atomic E-state index is 0.178. The van der Waals surface area contributed by atoms with E-state index in [9.17, 15) is 9.59 Å². The predicted octanol–water partition coefficient (Wildman–Crippen LogP) is 1.43. The molecular weight excluding hydrogens is 256 g/mol. The number of urea groups is 1. The van der Waals surface area contributed by atoms with Gasteiger partial charge in [-0.3, -0.25) is 10.1 Å². The van der Waals surface area contributed by atoms with Gasteiger partial charge in [0.2, 0.25) is 12.7 Å². The van der Waals surface area contributed by atoms with Crippen LogP contribution in [0, 0.1) is 0 Å². The molecule has 1 aromatic rings. The molecule has 96 valence electrons. The van der Waals surface area contributed by atoms with Crippen molar-refractivity contribution in [2.24, 2.45) is 0 Å². The number of rotatable bonds is 3. The Kier molecular flexibility index (Phi) is 3.93. The molecule has 1 aliphatic rings. The van der Waals surface area contributed by atoms with E-state index in [0.717, 1.165) is 0 Å². The van der Waals surface area contributed by atoms with Crippen molar-refractivity contribution in [3.63, 3.8) is 0 Å². The van der Waals surface area contributed by atoms with Gasteiger partial charge in [0.15, 0.2) is 11.5 Å². The Labute approximate surface area is 108 Å². The smallest absolute Gasteiger partial charge is 0.325 e. The van der Waals surface area contributed by atoms with E-state index >= 15 is 0 Å². The first-order valence-electron chi connectivity index (χ1n) is 5.18. The molecule has 2 rings (SSSR count). The zero-order valence-electron chi connectivity index (χ0n) is 9.69. The number of benzene rings is 1. The number of anilines is 1. The number of hydrogen-bond acceptors (Lipinski definition) is 5. The van der Waals surface area contributed by atoms with Gasteiger partial charge in [0.1, 0.15) is 0 Å². The van der Waals surface area contributed by atoms with Crippen LogP contribution in [-0.2, 0) is 4.79 Å². The van der Waals surface area contributed by atoms with E-state index in [0.29, 0.717) is 17.2 Å². The van der Waals surface area contributed by atoms with Gasteiger partial charge >= 0.3 is 6.03 Å². The summed E-state index contributed by atoms with van der Waals surface area (Å²) < 4.78 is 10.3. The average molecular weight is 268 g/mol. The highest BCUT2D eigenvalue weighted by Gasteiger charge is 2.14. The summed E-state index contributed by atoms with van der Waals surface area (Å²) in [5.74, 6) is 1.12. The monoisotopic (exact) mass is 268 g/mol. The summed E-state index contributed by atoms with van der Waals surface area (Å²) in [5, 5.41) is 4.76. The van der Waals surface area contributed by atoms with Crippen LogP contribution in [0.25, 0.3) is 0 Å². The topological polar surface area (TPSA) is 76.7 Å². The van der Waals surface area contributed by atoms with Gasteiger partial charge in [-0.25, -0.2) is 4.79 Å². The lowest BCUT2D eigenvalue weighted by atomic mass is 10.3. The highest BCUT2D eigenvalue weighted by Crippen LogP contribution is 2.34. The van der Waals surface area contributed by atoms with E-state index in [1.807, 2.05) is 0 Å². The lowest BCUT2D eigenvalue weighted by Crippen LogP contribution is -2.35. The Hall–Kier alpha value is -1.89. The second kappa shape index (κ2) is 5.63. The van der Waals surface area contributed by atoms with Gasteiger partial charge in [-0.2, -0.15) is 11.8 Å². The van der Waals surface area contributed by atoms with Crippen LogP contribution in [0.2, 0.25) is 0 Å². The summed E-state index contributed by atoms with van der Waals surface area (Å²) in [6.45, 7) is 0.178. The fraction of sp³-hybridized carbons (Fsp3) is 0.273. The molecule has 0 spiro atoms. The molecule has 0 saturated heterocycles. The Morgan fingerprint density at radius 1 is 1.33 bits per heavy atom. The number of carbonyl (C=O) groups is 2. The third-order valence-corrected chi connectivity index (χ3v) is 2.71. The first-order chi connectivity index (χ1) is 8.69. The summed E-state index contributed by atoms with van der Waals surface area (Å²) in [6, 6.07) is 4.45. The molecule has 0 unspecified atom stereocenters. The van der Waals surface area contributed by atoms with Crippen molar-refractivity contribution in [3.8, 4) is 11.5 Å². The molecule has 0 atom stereocenters. The molecule has 2 N–H and O–H groups in total. The molecule has 18 heavy (non-hydrogen) atoms. The average Bonchev–Trinajstić information content (AvgIpc) is 2.76. The van der Waals surface area contributed by atoms with E-state index in [1.54, 1.807) is 24.5 Å². The molecule has 1 heterocycles. The quantitative estimate of drug-likeness (QED) is 0.867. The van der Waals surface area contributed by atoms with Crippen LogP contribution in [0.1, 0.15) is 0 Å². The Morgan fingerprint density at radius 3 is 2.89 bits per heavy atom. The zero-order valence-corrected chi connectivity index (χ0v) is 10.5. The Bertz CT molecular complexity index is 478. The molecule has 0 aliphatic carbocycles. The largest absolute Gasteiger partial charge is 0.454 e. The molecule has 0 fully saturated rings. The number of imide groups is 1. The van der Waals surface area contributed by atoms with Crippen LogP contribution in [-0.4, -0.2) is 30.7 Å². The molecule has 3 amide bonds. The maximum absolute atomic E-state index is 11.5. The van der Waals surface area contributed by atoms with Crippen LogP contribution < -0.4 is 20.1 Å². The number of hydrogen-bond donors (Lipinski definition) is 2. The third kappa shape index (κ3) is 3.07. The summed E-state index contributed by atoms with van der Waals surface area (Å²) in [4.78, 5) is 22.7. The van der Waals surface area contributed by atoms with Crippen LogP contribution in [0.4, 0.5) is 10.5 Å². The maximum Gasteiger partial charge on any atom is 0.325 e. The molecule has 0 bridgehead atoms. The second-order valence-corrected chi connectivity index (χ2v) is 4.37. The first-order valence-corrected chi connectivity index (χ1v) is 6.58. The maximum atomic E-state index is 11.5. The number of ether oxygens (including phenoxy) is 2. The van der Waals surface area contributed by atoms with E-state index < -0.39 is 6.03 Å². The van der Waals surface area contributed by atoms with Crippen LogP contribution >= 0.6 is 11.8 Å². The van der Waals surface area contributed by atoms with Crippen molar-refractivity contribution in [1.29, 1.82) is 0 Å².